The highest BCUT2D eigenvalue weighted by Crippen LogP contribution is 2.15. The van der Waals surface area contributed by atoms with Crippen molar-refractivity contribution in [2.24, 2.45) is 0 Å². The van der Waals surface area contributed by atoms with E-state index in [-0.39, 0.29) is 12.4 Å². The number of aromatic nitrogens is 3. The van der Waals surface area contributed by atoms with E-state index >= 15 is 0 Å². The van der Waals surface area contributed by atoms with Gasteiger partial charge in [-0.2, -0.15) is 8.78 Å². The zero-order valence-electron chi connectivity index (χ0n) is 9.18. The van der Waals surface area contributed by atoms with Crippen LogP contribution >= 0.6 is 0 Å². The standard InChI is InChI=1S/C11H11F2N3O/c1-8-15-9(6-16(8)11(12)13)7-17-10-4-2-3-5-14-10/h2-6,11H,7H2,1H3. The SMILES string of the molecule is Cc1nc(COc2ccccn2)cn1C(F)F. The third-order valence-electron chi connectivity index (χ3n) is 2.18. The maximum atomic E-state index is 12.5. The topological polar surface area (TPSA) is 39.9 Å². The molecule has 0 radical (unpaired) electrons. The van der Waals surface area contributed by atoms with Gasteiger partial charge in [-0.15, -0.1) is 0 Å². The van der Waals surface area contributed by atoms with Crippen LogP contribution in [0.15, 0.2) is 30.6 Å². The summed E-state index contributed by atoms with van der Waals surface area (Å²) in [7, 11) is 0. The molecular formula is C11H11F2N3O. The lowest BCUT2D eigenvalue weighted by atomic mass is 10.5. The number of halogens is 2. The van der Waals surface area contributed by atoms with Crippen molar-refractivity contribution in [3.63, 3.8) is 0 Å². The molecule has 90 valence electrons. The molecule has 0 aliphatic carbocycles. The number of hydrogen-bond donors (Lipinski definition) is 0. The third kappa shape index (κ3) is 2.77. The highest BCUT2D eigenvalue weighted by molar-refractivity contribution is 5.10. The summed E-state index contributed by atoms with van der Waals surface area (Å²) < 4.78 is 31.1. The van der Waals surface area contributed by atoms with Gasteiger partial charge in [0.1, 0.15) is 12.4 Å². The Bertz CT molecular complexity index is 485. The van der Waals surface area contributed by atoms with Crippen molar-refractivity contribution < 1.29 is 13.5 Å². The minimum atomic E-state index is -2.58. The van der Waals surface area contributed by atoms with Crippen LogP contribution in [0.1, 0.15) is 18.1 Å². The van der Waals surface area contributed by atoms with Crippen LogP contribution in [0.2, 0.25) is 0 Å². The second kappa shape index (κ2) is 4.90. The summed E-state index contributed by atoms with van der Waals surface area (Å²) in [5.41, 5.74) is 0.452. The van der Waals surface area contributed by atoms with Crippen molar-refractivity contribution in [2.75, 3.05) is 0 Å². The average molecular weight is 239 g/mol. The minimum absolute atomic E-state index is 0.123. The van der Waals surface area contributed by atoms with Gasteiger partial charge in [0.15, 0.2) is 0 Å². The zero-order chi connectivity index (χ0) is 12.3. The van der Waals surface area contributed by atoms with E-state index in [1.54, 1.807) is 24.4 Å². The summed E-state index contributed by atoms with van der Waals surface area (Å²) in [5, 5.41) is 0. The van der Waals surface area contributed by atoms with Gasteiger partial charge in [-0.3, -0.25) is 4.57 Å². The van der Waals surface area contributed by atoms with E-state index < -0.39 is 6.55 Å². The summed E-state index contributed by atoms with van der Waals surface area (Å²) in [6, 6.07) is 5.24. The first kappa shape index (κ1) is 11.5. The maximum Gasteiger partial charge on any atom is 0.319 e. The molecule has 0 atom stereocenters. The minimum Gasteiger partial charge on any atom is -0.471 e. The molecule has 2 aromatic heterocycles. The predicted molar refractivity (Wildman–Crippen MR) is 56.8 cm³/mol. The molecule has 0 saturated carbocycles. The first-order valence-electron chi connectivity index (χ1n) is 5.03. The van der Waals surface area contributed by atoms with Crippen LogP contribution in [0.4, 0.5) is 8.78 Å². The van der Waals surface area contributed by atoms with Gasteiger partial charge in [-0.25, -0.2) is 9.97 Å². The first-order chi connectivity index (χ1) is 8.16. The van der Waals surface area contributed by atoms with E-state index in [9.17, 15) is 8.78 Å². The molecule has 0 aliphatic heterocycles. The van der Waals surface area contributed by atoms with Crippen molar-refractivity contribution in [1.29, 1.82) is 0 Å². The highest BCUT2D eigenvalue weighted by Gasteiger charge is 2.11. The van der Waals surface area contributed by atoms with Gasteiger partial charge in [-0.1, -0.05) is 6.07 Å². The monoisotopic (exact) mass is 239 g/mol. The molecule has 0 aliphatic rings. The number of nitrogens with zero attached hydrogens (tertiary/aromatic N) is 3. The number of imidazole rings is 1. The Morgan fingerprint density at radius 2 is 2.24 bits per heavy atom. The zero-order valence-corrected chi connectivity index (χ0v) is 9.18. The second-order valence-corrected chi connectivity index (χ2v) is 3.42. The van der Waals surface area contributed by atoms with Gasteiger partial charge >= 0.3 is 6.55 Å². The Hall–Kier alpha value is -1.98. The Morgan fingerprint density at radius 1 is 1.41 bits per heavy atom. The van der Waals surface area contributed by atoms with Crippen molar-refractivity contribution in [3.8, 4) is 5.88 Å². The molecule has 2 heterocycles. The van der Waals surface area contributed by atoms with Gasteiger partial charge in [-0.05, 0) is 13.0 Å². The molecule has 0 spiro atoms. The Labute approximate surface area is 96.9 Å². The van der Waals surface area contributed by atoms with Crippen LogP contribution in [0, 0.1) is 6.92 Å². The van der Waals surface area contributed by atoms with E-state index in [0.29, 0.717) is 11.6 Å². The number of pyridine rings is 1. The second-order valence-electron chi connectivity index (χ2n) is 3.42. The van der Waals surface area contributed by atoms with E-state index in [0.717, 1.165) is 4.57 Å². The average Bonchev–Trinajstić information content (AvgIpc) is 2.69. The van der Waals surface area contributed by atoms with Gasteiger partial charge in [0.2, 0.25) is 5.88 Å². The van der Waals surface area contributed by atoms with Gasteiger partial charge in [0, 0.05) is 18.5 Å². The van der Waals surface area contributed by atoms with Crippen LogP contribution in [-0.4, -0.2) is 14.5 Å². The maximum absolute atomic E-state index is 12.5. The fraction of sp³-hybridized carbons (Fsp3) is 0.273. The predicted octanol–water partition coefficient (Wildman–Crippen LogP) is 2.56. The van der Waals surface area contributed by atoms with Crippen LogP contribution in [0.25, 0.3) is 0 Å². The van der Waals surface area contributed by atoms with Crippen molar-refractivity contribution in [1.82, 2.24) is 14.5 Å². The Balaban J connectivity index is 2.02. The number of alkyl halides is 2. The first-order valence-corrected chi connectivity index (χ1v) is 5.03. The Morgan fingerprint density at radius 3 is 2.82 bits per heavy atom. The lowest BCUT2D eigenvalue weighted by Crippen LogP contribution is -1.98. The molecule has 4 nitrogen and oxygen atoms in total. The molecule has 0 amide bonds. The summed E-state index contributed by atoms with van der Waals surface area (Å²) in [4.78, 5) is 7.93. The van der Waals surface area contributed by atoms with E-state index in [1.165, 1.54) is 13.1 Å². The van der Waals surface area contributed by atoms with Gasteiger partial charge in [0.05, 0.1) is 5.69 Å². The van der Waals surface area contributed by atoms with E-state index in [2.05, 4.69) is 9.97 Å². The van der Waals surface area contributed by atoms with E-state index in [4.69, 9.17) is 4.74 Å². The van der Waals surface area contributed by atoms with E-state index in [1.807, 2.05) is 0 Å². The Kier molecular flexibility index (Phi) is 3.32. The summed E-state index contributed by atoms with van der Waals surface area (Å²) in [6.07, 6.45) is 2.88. The molecule has 0 bridgehead atoms. The number of aryl methyl sites for hydroxylation is 1. The van der Waals surface area contributed by atoms with Crippen molar-refractivity contribution in [2.45, 2.75) is 20.1 Å². The van der Waals surface area contributed by atoms with Crippen LogP contribution in [0.3, 0.4) is 0 Å². The number of hydrogen-bond acceptors (Lipinski definition) is 3. The quantitative estimate of drug-likeness (QED) is 0.823. The lowest BCUT2D eigenvalue weighted by molar-refractivity contribution is 0.0678. The molecule has 0 fully saturated rings. The lowest BCUT2D eigenvalue weighted by Gasteiger charge is -2.01. The molecule has 0 aromatic carbocycles. The molecule has 17 heavy (non-hydrogen) atoms. The summed E-state index contributed by atoms with van der Waals surface area (Å²) >= 11 is 0. The summed E-state index contributed by atoms with van der Waals surface area (Å²) in [5.74, 6) is 0.705. The normalized spacial score (nSPS) is 10.8. The van der Waals surface area contributed by atoms with Crippen molar-refractivity contribution in [3.05, 3.63) is 42.1 Å². The molecule has 0 N–H and O–H groups in total. The fourth-order valence-corrected chi connectivity index (χ4v) is 1.40. The molecule has 2 aromatic rings. The molecule has 6 heteroatoms. The highest BCUT2D eigenvalue weighted by atomic mass is 19.3. The fourth-order valence-electron chi connectivity index (χ4n) is 1.40. The van der Waals surface area contributed by atoms with Gasteiger partial charge < -0.3 is 4.74 Å². The van der Waals surface area contributed by atoms with Crippen LogP contribution in [0.5, 0.6) is 5.88 Å². The number of rotatable bonds is 4. The van der Waals surface area contributed by atoms with Crippen molar-refractivity contribution >= 4 is 0 Å². The summed E-state index contributed by atoms with van der Waals surface area (Å²) in [6.45, 7) is -0.931. The van der Waals surface area contributed by atoms with Gasteiger partial charge in [0.25, 0.3) is 0 Å². The van der Waals surface area contributed by atoms with Crippen LogP contribution < -0.4 is 4.74 Å². The molecule has 0 saturated heterocycles. The molecular weight excluding hydrogens is 228 g/mol. The third-order valence-corrected chi connectivity index (χ3v) is 2.18. The number of ether oxygens (including phenoxy) is 1. The molecule has 2 rings (SSSR count). The molecule has 0 unspecified atom stereocenters. The van der Waals surface area contributed by atoms with Crippen LogP contribution in [-0.2, 0) is 6.61 Å². The largest absolute Gasteiger partial charge is 0.471 e. The smallest absolute Gasteiger partial charge is 0.319 e.